The molecule has 0 atom stereocenters. The highest BCUT2D eigenvalue weighted by atomic mass is 16.5. The number of ether oxygens (including phenoxy) is 1. The minimum atomic E-state index is -0.573. The Hall–Kier alpha value is -1.88. The fraction of sp³-hybridized carbons (Fsp3) is 0.385. The lowest BCUT2D eigenvalue weighted by atomic mass is 10.1. The van der Waals surface area contributed by atoms with Crippen LogP contribution in [0.25, 0.3) is 11.5 Å². The molecule has 5 heteroatoms. The maximum absolute atomic E-state index is 5.77. The van der Waals surface area contributed by atoms with Crippen LogP contribution < -0.4 is 5.73 Å². The Labute approximate surface area is 106 Å². The molecule has 0 fully saturated rings. The molecule has 2 aromatic rings. The van der Waals surface area contributed by atoms with Gasteiger partial charge in [-0.15, -0.1) is 0 Å². The molecule has 2 N–H and O–H groups in total. The van der Waals surface area contributed by atoms with E-state index in [0.717, 1.165) is 11.1 Å². The summed E-state index contributed by atoms with van der Waals surface area (Å²) in [5, 5.41) is 3.95. The Morgan fingerprint density at radius 1 is 1.33 bits per heavy atom. The van der Waals surface area contributed by atoms with Gasteiger partial charge in [0.1, 0.15) is 5.60 Å². The molecule has 0 aliphatic heterocycles. The van der Waals surface area contributed by atoms with Gasteiger partial charge in [0, 0.05) is 18.4 Å². The number of anilines is 1. The Morgan fingerprint density at radius 2 is 2.06 bits per heavy atom. The minimum Gasteiger partial charge on any atom is -0.399 e. The van der Waals surface area contributed by atoms with Gasteiger partial charge in [-0.2, -0.15) is 4.98 Å². The first kappa shape index (κ1) is 12.6. The molecule has 0 aliphatic carbocycles. The van der Waals surface area contributed by atoms with Gasteiger partial charge in [-0.1, -0.05) is 11.2 Å². The lowest BCUT2D eigenvalue weighted by Gasteiger charge is -2.17. The van der Waals surface area contributed by atoms with Gasteiger partial charge in [0.25, 0.3) is 5.89 Å². The second-order valence-electron chi connectivity index (χ2n) is 4.71. The average Bonchev–Trinajstić information content (AvgIpc) is 2.82. The number of benzene rings is 1. The predicted molar refractivity (Wildman–Crippen MR) is 68.9 cm³/mol. The molecule has 5 nitrogen and oxygen atoms in total. The predicted octanol–water partition coefficient (Wildman–Crippen LogP) is 2.51. The van der Waals surface area contributed by atoms with Gasteiger partial charge in [0.05, 0.1) is 0 Å². The Kier molecular flexibility index (Phi) is 3.09. The maximum atomic E-state index is 5.77. The van der Waals surface area contributed by atoms with Gasteiger partial charge >= 0.3 is 0 Å². The van der Waals surface area contributed by atoms with Crippen molar-refractivity contribution < 1.29 is 9.26 Å². The summed E-state index contributed by atoms with van der Waals surface area (Å²) in [6.07, 6.45) is 0. The fourth-order valence-electron chi connectivity index (χ4n) is 1.54. The highest BCUT2D eigenvalue weighted by molar-refractivity contribution is 5.63. The normalized spacial score (nSPS) is 11.8. The number of nitrogens with two attached hydrogens (primary N) is 1. The molecular weight excluding hydrogens is 230 g/mol. The van der Waals surface area contributed by atoms with E-state index in [1.54, 1.807) is 7.11 Å². The molecule has 0 bridgehead atoms. The van der Waals surface area contributed by atoms with E-state index in [2.05, 4.69) is 10.1 Å². The molecule has 96 valence electrons. The molecule has 0 unspecified atom stereocenters. The summed E-state index contributed by atoms with van der Waals surface area (Å²) in [6.45, 7) is 5.74. The van der Waals surface area contributed by atoms with Gasteiger partial charge in [-0.3, -0.25) is 0 Å². The van der Waals surface area contributed by atoms with Crippen LogP contribution in [0.5, 0.6) is 0 Å². The van der Waals surface area contributed by atoms with Crippen LogP contribution in [0.15, 0.2) is 22.7 Å². The number of aryl methyl sites for hydroxylation is 1. The van der Waals surface area contributed by atoms with Crippen molar-refractivity contribution >= 4 is 5.69 Å². The maximum Gasteiger partial charge on any atom is 0.258 e. The van der Waals surface area contributed by atoms with Gasteiger partial charge in [0.2, 0.25) is 5.82 Å². The molecule has 1 aromatic heterocycles. The van der Waals surface area contributed by atoms with Crippen molar-refractivity contribution in [1.82, 2.24) is 10.1 Å². The van der Waals surface area contributed by atoms with Crippen LogP contribution in [0.2, 0.25) is 0 Å². The molecule has 1 aromatic carbocycles. The third-order valence-corrected chi connectivity index (χ3v) is 2.97. The van der Waals surface area contributed by atoms with Crippen molar-refractivity contribution in [3.63, 3.8) is 0 Å². The van der Waals surface area contributed by atoms with Crippen molar-refractivity contribution in [3.8, 4) is 11.5 Å². The fourth-order valence-corrected chi connectivity index (χ4v) is 1.54. The SMILES string of the molecule is COC(C)(C)c1noc(-c2cc(N)ccc2C)n1. The molecule has 0 amide bonds. The monoisotopic (exact) mass is 247 g/mol. The number of hydrogen-bond donors (Lipinski definition) is 1. The quantitative estimate of drug-likeness (QED) is 0.843. The Morgan fingerprint density at radius 3 is 2.72 bits per heavy atom. The third-order valence-electron chi connectivity index (χ3n) is 2.97. The number of methoxy groups -OCH3 is 1. The zero-order valence-electron chi connectivity index (χ0n) is 11.0. The lowest BCUT2D eigenvalue weighted by molar-refractivity contribution is 0.00973. The summed E-state index contributed by atoms with van der Waals surface area (Å²) in [5.41, 5.74) is 7.75. The minimum absolute atomic E-state index is 0.458. The van der Waals surface area contributed by atoms with E-state index in [-0.39, 0.29) is 0 Å². The second kappa shape index (κ2) is 4.42. The lowest BCUT2D eigenvalue weighted by Crippen LogP contribution is -2.21. The van der Waals surface area contributed by atoms with Crippen molar-refractivity contribution in [3.05, 3.63) is 29.6 Å². The first-order valence-electron chi connectivity index (χ1n) is 5.70. The molecule has 0 radical (unpaired) electrons. The van der Waals surface area contributed by atoms with Gasteiger partial charge in [0.15, 0.2) is 0 Å². The average molecular weight is 247 g/mol. The molecule has 1 heterocycles. The summed E-state index contributed by atoms with van der Waals surface area (Å²) in [6, 6.07) is 5.59. The van der Waals surface area contributed by atoms with E-state index >= 15 is 0 Å². The molecule has 18 heavy (non-hydrogen) atoms. The summed E-state index contributed by atoms with van der Waals surface area (Å²) in [4.78, 5) is 4.37. The molecule has 0 saturated carbocycles. The zero-order chi connectivity index (χ0) is 13.3. The summed E-state index contributed by atoms with van der Waals surface area (Å²) in [7, 11) is 1.61. The highest BCUT2D eigenvalue weighted by Crippen LogP contribution is 2.27. The second-order valence-corrected chi connectivity index (χ2v) is 4.71. The first-order valence-corrected chi connectivity index (χ1v) is 5.70. The van der Waals surface area contributed by atoms with Crippen molar-refractivity contribution in [2.24, 2.45) is 0 Å². The van der Waals surface area contributed by atoms with Crippen molar-refractivity contribution in [1.29, 1.82) is 0 Å². The molecule has 0 aliphatic rings. The highest BCUT2D eigenvalue weighted by Gasteiger charge is 2.26. The number of hydrogen-bond acceptors (Lipinski definition) is 5. The summed E-state index contributed by atoms with van der Waals surface area (Å²) < 4.78 is 10.6. The topological polar surface area (TPSA) is 74.2 Å². The van der Waals surface area contributed by atoms with Crippen LogP contribution in [0, 0.1) is 6.92 Å². The molecular formula is C13H17N3O2. The Balaban J connectivity index is 2.44. The smallest absolute Gasteiger partial charge is 0.258 e. The molecule has 0 spiro atoms. The van der Waals surface area contributed by atoms with E-state index in [1.807, 2.05) is 39.0 Å². The standard InChI is InChI=1S/C13H17N3O2/c1-8-5-6-9(14)7-10(8)11-15-12(16-18-11)13(2,3)17-4/h5-7H,14H2,1-4H3. The van der Waals surface area contributed by atoms with Crippen molar-refractivity contribution in [2.75, 3.05) is 12.8 Å². The van der Waals surface area contributed by atoms with Gasteiger partial charge in [-0.05, 0) is 38.5 Å². The van der Waals surface area contributed by atoms with Gasteiger partial charge < -0.3 is 15.0 Å². The number of rotatable bonds is 3. The first-order chi connectivity index (χ1) is 8.44. The van der Waals surface area contributed by atoms with E-state index in [0.29, 0.717) is 17.4 Å². The Bertz CT molecular complexity index is 561. The third kappa shape index (κ3) is 2.22. The van der Waals surface area contributed by atoms with Crippen LogP contribution in [-0.4, -0.2) is 17.3 Å². The van der Waals surface area contributed by atoms with Crippen LogP contribution in [0.3, 0.4) is 0 Å². The number of aromatic nitrogens is 2. The van der Waals surface area contributed by atoms with E-state index in [1.165, 1.54) is 0 Å². The van der Waals surface area contributed by atoms with Crippen LogP contribution in [-0.2, 0) is 10.3 Å². The largest absolute Gasteiger partial charge is 0.399 e. The number of nitrogen functional groups attached to an aromatic ring is 1. The zero-order valence-corrected chi connectivity index (χ0v) is 11.0. The summed E-state index contributed by atoms with van der Waals surface area (Å²) in [5.74, 6) is 0.974. The van der Waals surface area contributed by atoms with Crippen LogP contribution in [0.1, 0.15) is 25.2 Å². The van der Waals surface area contributed by atoms with E-state index in [9.17, 15) is 0 Å². The van der Waals surface area contributed by atoms with Crippen LogP contribution >= 0.6 is 0 Å². The van der Waals surface area contributed by atoms with E-state index in [4.69, 9.17) is 15.0 Å². The molecule has 2 rings (SSSR count). The summed E-state index contributed by atoms with van der Waals surface area (Å²) >= 11 is 0. The van der Waals surface area contributed by atoms with E-state index < -0.39 is 5.60 Å². The van der Waals surface area contributed by atoms with Crippen molar-refractivity contribution in [2.45, 2.75) is 26.4 Å². The number of nitrogens with zero attached hydrogens (tertiary/aromatic N) is 2. The van der Waals surface area contributed by atoms with Gasteiger partial charge in [-0.25, -0.2) is 0 Å². The molecule has 0 saturated heterocycles. The van der Waals surface area contributed by atoms with Crippen LogP contribution in [0.4, 0.5) is 5.69 Å².